The van der Waals surface area contributed by atoms with Crippen LogP contribution in [0.2, 0.25) is 0 Å². The van der Waals surface area contributed by atoms with Gasteiger partial charge in [-0.25, -0.2) is 4.39 Å². The number of nitriles is 1. The first-order chi connectivity index (χ1) is 10.1. The summed E-state index contributed by atoms with van der Waals surface area (Å²) in [5.41, 5.74) is -3.34. The Morgan fingerprint density at radius 3 is 2.55 bits per heavy atom. The molecule has 0 amide bonds. The van der Waals surface area contributed by atoms with Gasteiger partial charge in [-0.05, 0) is 12.1 Å². The third-order valence-corrected chi connectivity index (χ3v) is 3.56. The summed E-state index contributed by atoms with van der Waals surface area (Å²) in [6, 6.07) is 1.98. The van der Waals surface area contributed by atoms with Crippen LogP contribution in [0.15, 0.2) is 12.1 Å². The second-order valence-corrected chi connectivity index (χ2v) is 4.92. The summed E-state index contributed by atoms with van der Waals surface area (Å²) in [5.74, 6) is -3.23. The molecule has 1 aromatic carbocycles. The summed E-state index contributed by atoms with van der Waals surface area (Å²) in [6.07, 6.45) is -5.85. The zero-order chi connectivity index (χ0) is 16.7. The van der Waals surface area contributed by atoms with E-state index in [1.807, 2.05) is 0 Å². The lowest BCUT2D eigenvalue weighted by Gasteiger charge is -2.27. The molecule has 0 bridgehead atoms. The van der Waals surface area contributed by atoms with Crippen molar-refractivity contribution in [1.29, 1.82) is 5.26 Å². The van der Waals surface area contributed by atoms with E-state index >= 15 is 0 Å². The molecule has 0 aromatic heterocycles. The molecular formula is C13H11F5N2O2. The van der Waals surface area contributed by atoms with Gasteiger partial charge in [-0.15, -0.1) is 0 Å². The summed E-state index contributed by atoms with van der Waals surface area (Å²) in [5, 5.41) is 18.7. The highest BCUT2D eigenvalue weighted by Crippen LogP contribution is 2.44. The molecule has 2 atom stereocenters. The first kappa shape index (κ1) is 16.3. The van der Waals surface area contributed by atoms with Crippen molar-refractivity contribution in [3.63, 3.8) is 0 Å². The minimum absolute atomic E-state index is 0.229. The van der Waals surface area contributed by atoms with E-state index in [4.69, 9.17) is 5.26 Å². The Morgan fingerprint density at radius 2 is 2.05 bits per heavy atom. The number of ether oxygens (including phenoxy) is 1. The average molecular weight is 322 g/mol. The van der Waals surface area contributed by atoms with Crippen LogP contribution in [-0.4, -0.2) is 36.6 Å². The first-order valence-corrected chi connectivity index (χ1v) is 6.12. The molecule has 0 radical (unpaired) electrons. The molecule has 0 aliphatic carbocycles. The Morgan fingerprint density at radius 1 is 1.41 bits per heavy atom. The molecule has 1 N–H and O–H groups in total. The van der Waals surface area contributed by atoms with E-state index in [1.54, 1.807) is 6.07 Å². The Bertz CT molecular complexity index is 628. The zero-order valence-electron chi connectivity index (χ0n) is 11.3. The van der Waals surface area contributed by atoms with Gasteiger partial charge >= 0.3 is 6.18 Å². The number of methoxy groups -OCH3 is 1. The van der Waals surface area contributed by atoms with Crippen molar-refractivity contribution < 1.29 is 31.8 Å². The highest BCUT2D eigenvalue weighted by molar-refractivity contribution is 5.62. The number of hydrogen-bond acceptors (Lipinski definition) is 4. The topological polar surface area (TPSA) is 56.5 Å². The Labute approximate surface area is 122 Å². The van der Waals surface area contributed by atoms with Crippen molar-refractivity contribution >= 4 is 5.69 Å². The molecule has 2 rings (SSSR count). The van der Waals surface area contributed by atoms with Crippen molar-refractivity contribution in [1.82, 2.24) is 0 Å². The van der Waals surface area contributed by atoms with Crippen LogP contribution < -0.4 is 9.64 Å². The average Bonchev–Trinajstić information content (AvgIpc) is 2.79. The van der Waals surface area contributed by atoms with Gasteiger partial charge in [-0.2, -0.15) is 22.8 Å². The van der Waals surface area contributed by atoms with Crippen molar-refractivity contribution in [2.45, 2.75) is 24.2 Å². The van der Waals surface area contributed by atoms with E-state index in [9.17, 15) is 27.1 Å². The number of aliphatic hydroxyl groups is 1. The molecule has 1 fully saturated rings. The van der Waals surface area contributed by atoms with E-state index in [2.05, 4.69) is 4.74 Å². The van der Waals surface area contributed by atoms with Crippen LogP contribution in [0.1, 0.15) is 6.42 Å². The fourth-order valence-corrected chi connectivity index (χ4v) is 2.40. The van der Waals surface area contributed by atoms with Crippen LogP contribution in [-0.2, 0) is 0 Å². The number of nitrogens with zero attached hydrogens (tertiary/aromatic N) is 2. The van der Waals surface area contributed by atoms with Crippen molar-refractivity contribution in [2.24, 2.45) is 0 Å². The lowest BCUT2D eigenvalue weighted by molar-refractivity contribution is -0.251. The molecular weight excluding hydrogens is 311 g/mol. The maximum atomic E-state index is 13.7. The van der Waals surface area contributed by atoms with Gasteiger partial charge in [0.05, 0.1) is 25.4 Å². The molecule has 0 spiro atoms. The maximum Gasteiger partial charge on any atom is 0.419 e. The van der Waals surface area contributed by atoms with Crippen molar-refractivity contribution in [3.8, 4) is 11.8 Å². The molecule has 120 valence electrons. The first-order valence-electron chi connectivity index (χ1n) is 6.12. The number of β-amino-alcohol motifs (C(OH)–C–C–N with tert-alkyl or cyclic N) is 1. The standard InChI is InChI=1S/C13H11F5N2O2/c1-22-11-9(3-2-8(14)10(11)15)20-6-12(21,13(16,17)18)4-7(20)5-19/h2-3,7,21H,4,6H2,1H3. The summed E-state index contributed by atoms with van der Waals surface area (Å²) in [4.78, 5) is 0.856. The van der Waals surface area contributed by atoms with Gasteiger partial charge in [-0.1, -0.05) is 0 Å². The number of benzene rings is 1. The van der Waals surface area contributed by atoms with Crippen LogP contribution in [0.25, 0.3) is 0 Å². The second kappa shape index (κ2) is 5.28. The maximum absolute atomic E-state index is 13.7. The third-order valence-electron chi connectivity index (χ3n) is 3.56. The SMILES string of the molecule is COc1c(N2CC(O)(C(F)(F)F)CC2C#N)ccc(F)c1F. The normalized spacial score (nSPS) is 25.2. The Kier molecular flexibility index (Phi) is 3.91. The smallest absolute Gasteiger partial charge is 0.419 e. The molecule has 9 heteroatoms. The molecule has 1 aliphatic heterocycles. The molecule has 0 saturated carbocycles. The quantitative estimate of drug-likeness (QED) is 0.850. The van der Waals surface area contributed by atoms with Gasteiger partial charge in [0, 0.05) is 6.42 Å². The molecule has 4 nitrogen and oxygen atoms in total. The van der Waals surface area contributed by atoms with Crippen LogP contribution in [0, 0.1) is 23.0 Å². The van der Waals surface area contributed by atoms with Gasteiger partial charge in [0.15, 0.2) is 17.2 Å². The summed E-state index contributed by atoms with van der Waals surface area (Å²) < 4.78 is 70.3. The lowest BCUT2D eigenvalue weighted by Crippen LogP contribution is -2.47. The Balaban J connectivity index is 2.49. The van der Waals surface area contributed by atoms with Crippen molar-refractivity contribution in [2.75, 3.05) is 18.6 Å². The summed E-state index contributed by atoms with van der Waals surface area (Å²) >= 11 is 0. The van der Waals surface area contributed by atoms with E-state index in [-0.39, 0.29) is 5.69 Å². The van der Waals surface area contributed by atoms with Gasteiger partial charge in [0.2, 0.25) is 5.82 Å². The van der Waals surface area contributed by atoms with E-state index in [0.717, 1.165) is 18.1 Å². The minimum atomic E-state index is -4.96. The Hall–Kier alpha value is -2.08. The fraction of sp³-hybridized carbons (Fsp3) is 0.462. The predicted molar refractivity (Wildman–Crippen MR) is 65.3 cm³/mol. The van der Waals surface area contributed by atoms with Gasteiger partial charge < -0.3 is 14.7 Å². The molecule has 1 aromatic rings. The van der Waals surface area contributed by atoms with E-state index in [0.29, 0.717) is 6.07 Å². The van der Waals surface area contributed by atoms with E-state index < -0.39 is 48.2 Å². The van der Waals surface area contributed by atoms with Gasteiger partial charge in [0.1, 0.15) is 6.04 Å². The molecule has 2 unspecified atom stereocenters. The number of hydrogen-bond donors (Lipinski definition) is 1. The van der Waals surface area contributed by atoms with Gasteiger partial charge in [0.25, 0.3) is 0 Å². The van der Waals surface area contributed by atoms with Crippen molar-refractivity contribution in [3.05, 3.63) is 23.8 Å². The molecule has 1 aliphatic rings. The number of halogens is 5. The third kappa shape index (κ3) is 2.43. The highest BCUT2D eigenvalue weighted by Gasteiger charge is 2.60. The second-order valence-electron chi connectivity index (χ2n) is 4.92. The highest BCUT2D eigenvalue weighted by atomic mass is 19.4. The molecule has 22 heavy (non-hydrogen) atoms. The van der Waals surface area contributed by atoms with Crippen LogP contribution in [0.3, 0.4) is 0 Å². The number of anilines is 1. The zero-order valence-corrected chi connectivity index (χ0v) is 11.3. The number of rotatable bonds is 2. The van der Waals surface area contributed by atoms with Crippen LogP contribution >= 0.6 is 0 Å². The monoisotopic (exact) mass is 322 g/mol. The lowest BCUT2D eigenvalue weighted by atomic mass is 10.0. The fourth-order valence-electron chi connectivity index (χ4n) is 2.40. The van der Waals surface area contributed by atoms with Crippen LogP contribution in [0.4, 0.5) is 27.6 Å². The minimum Gasteiger partial charge on any atom is -0.491 e. The molecule has 1 heterocycles. The van der Waals surface area contributed by atoms with Crippen LogP contribution in [0.5, 0.6) is 5.75 Å². The summed E-state index contributed by atoms with van der Waals surface area (Å²) in [6.45, 7) is -0.976. The number of alkyl halides is 3. The predicted octanol–water partition coefficient (Wildman–Crippen LogP) is 2.37. The largest absolute Gasteiger partial charge is 0.491 e. The summed E-state index contributed by atoms with van der Waals surface area (Å²) in [7, 11) is 1.02. The van der Waals surface area contributed by atoms with E-state index in [1.165, 1.54) is 0 Å². The molecule has 1 saturated heterocycles. The van der Waals surface area contributed by atoms with Gasteiger partial charge in [-0.3, -0.25) is 0 Å².